The van der Waals surface area contributed by atoms with Crippen molar-refractivity contribution in [1.29, 1.82) is 0 Å². The number of carbonyl (C=O) groups excluding carboxylic acids is 1. The van der Waals surface area contributed by atoms with Crippen LogP contribution in [-0.4, -0.2) is 54.4 Å². The molecule has 1 aliphatic rings. The fourth-order valence-corrected chi connectivity index (χ4v) is 2.42. The number of nitrogens with two attached hydrogens (primary N) is 1. The van der Waals surface area contributed by atoms with Gasteiger partial charge in [-0.3, -0.25) is 0 Å². The fourth-order valence-electron chi connectivity index (χ4n) is 2.42. The zero-order valence-electron chi connectivity index (χ0n) is 12.5. The number of aldehydes is 1. The average Bonchev–Trinajstić information content (AvgIpc) is 2.88. The molecule has 112 valence electrons. The van der Waals surface area contributed by atoms with E-state index in [1.165, 1.54) is 12.8 Å². The number of carbonyl (C=O) groups is 1. The Hall–Kier alpha value is -0.425. The van der Waals surface area contributed by atoms with E-state index in [9.17, 15) is 4.79 Å². The van der Waals surface area contributed by atoms with Gasteiger partial charge in [-0.15, -0.1) is 0 Å². The lowest BCUT2D eigenvalue weighted by Crippen LogP contribution is -2.42. The van der Waals surface area contributed by atoms with E-state index in [4.69, 9.17) is 15.8 Å². The van der Waals surface area contributed by atoms with E-state index in [-0.39, 0.29) is 12.0 Å². The van der Waals surface area contributed by atoms with Gasteiger partial charge in [0.15, 0.2) is 0 Å². The minimum atomic E-state index is -1.21. The molecule has 2 atom stereocenters. The summed E-state index contributed by atoms with van der Waals surface area (Å²) in [5.41, 5.74) is 5.51. The van der Waals surface area contributed by atoms with Gasteiger partial charge >= 0.3 is 7.12 Å². The van der Waals surface area contributed by atoms with Crippen molar-refractivity contribution in [3.63, 3.8) is 0 Å². The number of nitrogens with zero attached hydrogens (tertiary/aromatic N) is 1. The molecule has 0 saturated heterocycles. The van der Waals surface area contributed by atoms with Crippen molar-refractivity contribution < 1.29 is 14.8 Å². The van der Waals surface area contributed by atoms with Crippen molar-refractivity contribution in [1.82, 2.24) is 4.90 Å². The number of hydrogen-bond acceptors (Lipinski definition) is 5. The van der Waals surface area contributed by atoms with Crippen molar-refractivity contribution >= 4 is 13.4 Å². The summed E-state index contributed by atoms with van der Waals surface area (Å²) in [5, 5.41) is 17.7. The molecular weight excluding hydrogens is 243 g/mol. The van der Waals surface area contributed by atoms with Crippen LogP contribution >= 0.6 is 0 Å². The standard InChI is InChI=1S/C7H13NO.C6H16BNO2/c8-7(5-9)6-3-1-2-4-6;1-4-5-6(7(9)10)8(2)3/h5-7H,1-4,8H2;6,9-10H,4-5H2,1-3H3. The monoisotopic (exact) mass is 272 g/mol. The van der Waals surface area contributed by atoms with E-state index in [0.29, 0.717) is 5.92 Å². The van der Waals surface area contributed by atoms with Crippen molar-refractivity contribution in [3.8, 4) is 0 Å². The van der Waals surface area contributed by atoms with E-state index < -0.39 is 7.12 Å². The van der Waals surface area contributed by atoms with Crippen molar-refractivity contribution in [2.24, 2.45) is 11.7 Å². The molecule has 2 unspecified atom stereocenters. The highest BCUT2D eigenvalue weighted by atomic mass is 16.4. The van der Waals surface area contributed by atoms with Gasteiger partial charge in [0.2, 0.25) is 0 Å². The maximum atomic E-state index is 10.2. The molecule has 5 nitrogen and oxygen atoms in total. The summed E-state index contributed by atoms with van der Waals surface area (Å²) < 4.78 is 0. The summed E-state index contributed by atoms with van der Waals surface area (Å²) in [7, 11) is 2.48. The van der Waals surface area contributed by atoms with Crippen LogP contribution in [0.4, 0.5) is 0 Å². The summed E-state index contributed by atoms with van der Waals surface area (Å²) in [6.07, 6.45) is 7.49. The first-order chi connectivity index (χ1) is 8.93. The summed E-state index contributed by atoms with van der Waals surface area (Å²) >= 11 is 0. The molecular formula is C13H29BN2O3. The Labute approximate surface area is 117 Å². The lowest BCUT2D eigenvalue weighted by molar-refractivity contribution is -0.109. The van der Waals surface area contributed by atoms with Crippen LogP contribution in [0, 0.1) is 5.92 Å². The highest BCUT2D eigenvalue weighted by Crippen LogP contribution is 2.25. The van der Waals surface area contributed by atoms with Gasteiger partial charge in [-0.25, -0.2) is 0 Å². The predicted octanol–water partition coefficient (Wildman–Crippen LogP) is 0.432. The third-order valence-electron chi connectivity index (χ3n) is 3.69. The van der Waals surface area contributed by atoms with Crippen LogP contribution in [0.25, 0.3) is 0 Å². The lowest BCUT2D eigenvalue weighted by Gasteiger charge is -2.22. The van der Waals surface area contributed by atoms with Crippen molar-refractivity contribution in [3.05, 3.63) is 0 Å². The molecule has 0 bridgehead atoms. The van der Waals surface area contributed by atoms with E-state index in [2.05, 4.69) is 0 Å². The highest BCUT2D eigenvalue weighted by molar-refractivity contribution is 6.43. The van der Waals surface area contributed by atoms with Crippen LogP contribution in [0.5, 0.6) is 0 Å². The Bertz CT molecular complexity index is 226. The molecule has 1 rings (SSSR count). The normalized spacial score (nSPS) is 18.7. The summed E-state index contributed by atoms with van der Waals surface area (Å²) in [4.78, 5) is 12.0. The second kappa shape index (κ2) is 10.4. The fraction of sp³-hybridized carbons (Fsp3) is 0.923. The van der Waals surface area contributed by atoms with Gasteiger partial charge in [0.05, 0.1) is 6.04 Å². The molecule has 0 amide bonds. The molecule has 0 aromatic heterocycles. The van der Waals surface area contributed by atoms with Crippen molar-refractivity contribution in [2.75, 3.05) is 14.1 Å². The Morgan fingerprint density at radius 2 is 1.89 bits per heavy atom. The van der Waals surface area contributed by atoms with Gasteiger partial charge in [0.1, 0.15) is 6.29 Å². The van der Waals surface area contributed by atoms with Gasteiger partial charge < -0.3 is 25.5 Å². The summed E-state index contributed by atoms with van der Waals surface area (Å²) in [6, 6.07) is -0.188. The maximum absolute atomic E-state index is 10.2. The third-order valence-corrected chi connectivity index (χ3v) is 3.69. The Kier molecular flexibility index (Phi) is 10.1. The van der Waals surface area contributed by atoms with E-state index >= 15 is 0 Å². The Morgan fingerprint density at radius 3 is 2.16 bits per heavy atom. The lowest BCUT2D eigenvalue weighted by atomic mass is 9.76. The molecule has 1 aliphatic carbocycles. The largest absolute Gasteiger partial charge is 0.469 e. The molecule has 6 heteroatoms. The number of rotatable bonds is 6. The van der Waals surface area contributed by atoms with Crippen LogP contribution < -0.4 is 5.73 Å². The minimum absolute atomic E-state index is 0.120. The van der Waals surface area contributed by atoms with Crippen LogP contribution in [0.2, 0.25) is 0 Å². The molecule has 0 radical (unpaired) electrons. The zero-order valence-corrected chi connectivity index (χ0v) is 12.5. The first-order valence-electron chi connectivity index (χ1n) is 7.17. The topological polar surface area (TPSA) is 86.8 Å². The van der Waals surface area contributed by atoms with Crippen LogP contribution in [0.1, 0.15) is 45.4 Å². The van der Waals surface area contributed by atoms with E-state index in [1.54, 1.807) is 0 Å². The molecule has 0 aliphatic heterocycles. The SMILES string of the molecule is CCCC(B(O)O)N(C)C.NC(C=O)C1CCCC1. The van der Waals surface area contributed by atoms with Gasteiger partial charge in [-0.05, 0) is 39.3 Å². The van der Waals surface area contributed by atoms with Crippen molar-refractivity contribution in [2.45, 2.75) is 57.4 Å². The molecule has 4 N–H and O–H groups in total. The van der Waals surface area contributed by atoms with E-state index in [1.807, 2.05) is 25.9 Å². The van der Waals surface area contributed by atoms with Gasteiger partial charge in [0, 0.05) is 5.94 Å². The summed E-state index contributed by atoms with van der Waals surface area (Å²) in [6.45, 7) is 2.03. The van der Waals surface area contributed by atoms with Crippen LogP contribution in [-0.2, 0) is 4.79 Å². The van der Waals surface area contributed by atoms with E-state index in [0.717, 1.165) is 32.0 Å². The predicted molar refractivity (Wildman–Crippen MR) is 78.6 cm³/mol. The molecule has 1 saturated carbocycles. The first-order valence-corrected chi connectivity index (χ1v) is 7.17. The third kappa shape index (κ3) is 7.67. The zero-order chi connectivity index (χ0) is 14.8. The molecule has 0 aromatic carbocycles. The Morgan fingerprint density at radius 1 is 1.37 bits per heavy atom. The smallest absolute Gasteiger partial charge is 0.426 e. The minimum Gasteiger partial charge on any atom is -0.426 e. The molecule has 0 heterocycles. The van der Waals surface area contributed by atoms with Crippen LogP contribution in [0.15, 0.2) is 0 Å². The molecule has 0 spiro atoms. The molecule has 19 heavy (non-hydrogen) atoms. The average molecular weight is 272 g/mol. The molecule has 1 fully saturated rings. The molecule has 0 aromatic rings. The Balaban J connectivity index is 0.000000342. The maximum Gasteiger partial charge on any atom is 0.469 e. The number of hydrogen-bond donors (Lipinski definition) is 3. The van der Waals surface area contributed by atoms with Gasteiger partial charge in [0.25, 0.3) is 0 Å². The van der Waals surface area contributed by atoms with Crippen LogP contribution in [0.3, 0.4) is 0 Å². The quantitative estimate of drug-likeness (QED) is 0.482. The second-order valence-electron chi connectivity index (χ2n) is 5.49. The second-order valence-corrected chi connectivity index (χ2v) is 5.49. The first kappa shape index (κ1) is 18.6. The summed E-state index contributed by atoms with van der Waals surface area (Å²) in [5.74, 6) is 0.368. The van der Waals surface area contributed by atoms with Gasteiger partial charge in [-0.2, -0.15) is 0 Å². The van der Waals surface area contributed by atoms with Gasteiger partial charge in [-0.1, -0.05) is 26.2 Å². The highest BCUT2D eigenvalue weighted by Gasteiger charge is 2.23.